The van der Waals surface area contributed by atoms with E-state index in [0.717, 1.165) is 5.56 Å². The molecule has 1 fully saturated rings. The third-order valence-corrected chi connectivity index (χ3v) is 5.34. The summed E-state index contributed by atoms with van der Waals surface area (Å²) in [5, 5.41) is 0. The van der Waals surface area contributed by atoms with Gasteiger partial charge >= 0.3 is 0 Å². The molecule has 1 aromatic carbocycles. The second kappa shape index (κ2) is 8.55. The predicted molar refractivity (Wildman–Crippen MR) is 110 cm³/mol. The van der Waals surface area contributed by atoms with E-state index >= 15 is 0 Å². The van der Waals surface area contributed by atoms with Crippen LogP contribution in [0.2, 0.25) is 0 Å². The fourth-order valence-corrected chi connectivity index (χ4v) is 3.90. The number of benzene rings is 1. The van der Waals surface area contributed by atoms with Gasteiger partial charge in [0.25, 0.3) is 0 Å². The Morgan fingerprint density at radius 3 is 2.41 bits per heavy atom. The van der Waals surface area contributed by atoms with Gasteiger partial charge in [0.15, 0.2) is 0 Å². The van der Waals surface area contributed by atoms with Crippen molar-refractivity contribution in [2.45, 2.75) is 38.6 Å². The number of imide groups is 1. The summed E-state index contributed by atoms with van der Waals surface area (Å²) < 4.78 is 0. The van der Waals surface area contributed by atoms with Crippen molar-refractivity contribution < 1.29 is 14.4 Å². The molecule has 2 aromatic rings. The SMILES string of the molecule is CC(C)CN(C)C(=O)CC1(c2ccccc2)CC(=O)N(Cc2ccncc2)C1=O. The maximum absolute atomic E-state index is 13.5. The summed E-state index contributed by atoms with van der Waals surface area (Å²) >= 11 is 0. The van der Waals surface area contributed by atoms with Crippen LogP contribution >= 0.6 is 0 Å². The molecule has 6 heteroatoms. The minimum absolute atomic E-state index is 0.00217. The van der Waals surface area contributed by atoms with E-state index in [-0.39, 0.29) is 37.1 Å². The molecule has 0 aliphatic carbocycles. The molecule has 1 atom stereocenters. The van der Waals surface area contributed by atoms with Gasteiger partial charge in [-0.25, -0.2) is 0 Å². The number of carbonyl (C=O) groups is 3. The third kappa shape index (κ3) is 4.36. The van der Waals surface area contributed by atoms with Crippen LogP contribution in [0.5, 0.6) is 0 Å². The molecule has 0 bridgehead atoms. The smallest absolute Gasteiger partial charge is 0.241 e. The molecule has 0 spiro atoms. The molecular formula is C23H27N3O3. The largest absolute Gasteiger partial charge is 0.345 e. The quantitative estimate of drug-likeness (QED) is 0.678. The average molecular weight is 393 g/mol. The zero-order valence-electron chi connectivity index (χ0n) is 17.2. The van der Waals surface area contributed by atoms with Gasteiger partial charge in [-0.2, -0.15) is 0 Å². The monoisotopic (exact) mass is 393 g/mol. The Hall–Kier alpha value is -3.02. The summed E-state index contributed by atoms with van der Waals surface area (Å²) in [6.45, 7) is 4.87. The molecule has 0 radical (unpaired) electrons. The maximum Gasteiger partial charge on any atom is 0.241 e. The van der Waals surface area contributed by atoms with Gasteiger partial charge in [0.1, 0.15) is 0 Å². The van der Waals surface area contributed by atoms with Crippen molar-refractivity contribution in [2.24, 2.45) is 5.92 Å². The summed E-state index contributed by atoms with van der Waals surface area (Å²) in [6.07, 6.45) is 3.25. The van der Waals surface area contributed by atoms with Crippen molar-refractivity contribution in [3.05, 3.63) is 66.0 Å². The van der Waals surface area contributed by atoms with Gasteiger partial charge in [0.2, 0.25) is 17.7 Å². The highest BCUT2D eigenvalue weighted by Gasteiger charge is 2.53. The summed E-state index contributed by atoms with van der Waals surface area (Å²) in [5.74, 6) is -0.373. The van der Waals surface area contributed by atoms with E-state index in [2.05, 4.69) is 4.98 Å². The molecule has 1 aromatic heterocycles. The lowest BCUT2D eigenvalue weighted by atomic mass is 9.75. The van der Waals surface area contributed by atoms with E-state index in [1.165, 1.54) is 4.90 Å². The van der Waals surface area contributed by atoms with E-state index in [4.69, 9.17) is 0 Å². The van der Waals surface area contributed by atoms with Crippen LogP contribution in [0.1, 0.15) is 37.8 Å². The van der Waals surface area contributed by atoms with Crippen LogP contribution in [0.3, 0.4) is 0 Å². The predicted octanol–water partition coefficient (Wildman–Crippen LogP) is 2.78. The van der Waals surface area contributed by atoms with Crippen LogP contribution in [0.25, 0.3) is 0 Å². The van der Waals surface area contributed by atoms with Gasteiger partial charge < -0.3 is 4.90 Å². The fraction of sp³-hybridized carbons (Fsp3) is 0.391. The van der Waals surface area contributed by atoms with Crippen molar-refractivity contribution in [3.63, 3.8) is 0 Å². The molecule has 1 saturated heterocycles. The Kier molecular flexibility index (Phi) is 6.11. The highest BCUT2D eigenvalue weighted by atomic mass is 16.2. The van der Waals surface area contributed by atoms with E-state index in [1.54, 1.807) is 36.5 Å². The average Bonchev–Trinajstić information content (AvgIpc) is 2.94. The number of nitrogens with zero attached hydrogens (tertiary/aromatic N) is 3. The molecule has 152 valence electrons. The van der Waals surface area contributed by atoms with Crippen molar-refractivity contribution in [3.8, 4) is 0 Å². The van der Waals surface area contributed by atoms with E-state index in [9.17, 15) is 14.4 Å². The first-order valence-corrected chi connectivity index (χ1v) is 9.86. The molecule has 3 amide bonds. The van der Waals surface area contributed by atoms with Gasteiger partial charge in [-0.3, -0.25) is 24.3 Å². The number of likely N-dealkylation sites (tertiary alicyclic amines) is 1. The second-order valence-corrected chi connectivity index (χ2v) is 8.11. The number of hydrogen-bond donors (Lipinski definition) is 0. The number of hydrogen-bond acceptors (Lipinski definition) is 4. The number of carbonyl (C=O) groups excluding carboxylic acids is 3. The standard InChI is InChI=1S/C23H27N3O3/c1-17(2)15-25(3)20(27)13-23(19-7-5-4-6-8-19)14-21(28)26(22(23)29)16-18-9-11-24-12-10-18/h4-12,17H,13-16H2,1-3H3. The van der Waals surface area contributed by atoms with E-state index < -0.39 is 5.41 Å². The summed E-state index contributed by atoms with van der Waals surface area (Å²) in [6, 6.07) is 12.8. The van der Waals surface area contributed by atoms with Crippen LogP contribution in [0.4, 0.5) is 0 Å². The van der Waals surface area contributed by atoms with Gasteiger partial charge in [0.05, 0.1) is 12.0 Å². The highest BCUT2D eigenvalue weighted by molar-refractivity contribution is 6.10. The van der Waals surface area contributed by atoms with Gasteiger partial charge in [-0.1, -0.05) is 44.2 Å². The lowest BCUT2D eigenvalue weighted by Gasteiger charge is -2.29. The third-order valence-electron chi connectivity index (χ3n) is 5.34. The minimum atomic E-state index is -1.16. The van der Waals surface area contributed by atoms with Crippen molar-refractivity contribution in [1.29, 1.82) is 0 Å². The van der Waals surface area contributed by atoms with Gasteiger partial charge in [-0.05, 0) is 29.2 Å². The molecule has 0 N–H and O–H groups in total. The van der Waals surface area contributed by atoms with E-state index in [1.807, 2.05) is 44.2 Å². The van der Waals surface area contributed by atoms with Crippen LogP contribution in [-0.2, 0) is 26.3 Å². The first-order valence-electron chi connectivity index (χ1n) is 9.86. The normalized spacial score (nSPS) is 19.1. The Morgan fingerprint density at radius 1 is 1.14 bits per heavy atom. The van der Waals surface area contributed by atoms with Gasteiger partial charge in [-0.15, -0.1) is 0 Å². The summed E-state index contributed by atoms with van der Waals surface area (Å²) in [4.78, 5) is 46.3. The molecule has 1 unspecified atom stereocenters. The molecule has 1 aliphatic rings. The topological polar surface area (TPSA) is 70.6 Å². The Balaban J connectivity index is 1.93. The number of pyridine rings is 1. The molecule has 1 aliphatic heterocycles. The number of aromatic nitrogens is 1. The molecular weight excluding hydrogens is 366 g/mol. The van der Waals surface area contributed by atoms with Crippen LogP contribution in [0.15, 0.2) is 54.9 Å². The van der Waals surface area contributed by atoms with Crippen LogP contribution < -0.4 is 0 Å². The Bertz CT molecular complexity index is 883. The Labute approximate surface area is 171 Å². The molecule has 29 heavy (non-hydrogen) atoms. The van der Waals surface area contributed by atoms with Gasteiger partial charge in [0, 0.05) is 38.8 Å². The maximum atomic E-state index is 13.5. The Morgan fingerprint density at radius 2 is 1.79 bits per heavy atom. The van der Waals surface area contributed by atoms with Crippen molar-refractivity contribution in [2.75, 3.05) is 13.6 Å². The highest BCUT2D eigenvalue weighted by Crippen LogP contribution is 2.40. The minimum Gasteiger partial charge on any atom is -0.345 e. The van der Waals surface area contributed by atoms with Crippen molar-refractivity contribution >= 4 is 17.7 Å². The van der Waals surface area contributed by atoms with Crippen molar-refractivity contribution in [1.82, 2.24) is 14.8 Å². The summed E-state index contributed by atoms with van der Waals surface area (Å²) in [7, 11) is 1.75. The zero-order chi connectivity index (χ0) is 21.0. The summed E-state index contributed by atoms with van der Waals surface area (Å²) in [5.41, 5.74) is 0.379. The molecule has 6 nitrogen and oxygen atoms in total. The molecule has 0 saturated carbocycles. The first kappa shape index (κ1) is 20.7. The number of rotatable bonds is 7. The lowest BCUT2D eigenvalue weighted by molar-refractivity contribution is -0.143. The van der Waals surface area contributed by atoms with Crippen LogP contribution in [-0.4, -0.2) is 46.1 Å². The first-order chi connectivity index (χ1) is 13.8. The van der Waals surface area contributed by atoms with E-state index in [0.29, 0.717) is 18.0 Å². The van der Waals surface area contributed by atoms with Crippen LogP contribution in [0, 0.1) is 5.92 Å². The zero-order valence-corrected chi connectivity index (χ0v) is 17.2. The molecule has 3 rings (SSSR count). The fourth-order valence-electron chi connectivity index (χ4n) is 3.90. The lowest BCUT2D eigenvalue weighted by Crippen LogP contribution is -2.43. The number of amides is 3. The molecule has 2 heterocycles. The second-order valence-electron chi connectivity index (χ2n) is 8.11.